The fourth-order valence-corrected chi connectivity index (χ4v) is 4.94. The minimum absolute atomic E-state index is 0.146. The van der Waals surface area contributed by atoms with E-state index in [0.717, 1.165) is 6.07 Å². The summed E-state index contributed by atoms with van der Waals surface area (Å²) in [5, 5.41) is 2.86. The number of carbonyl (C=O) groups is 2. The van der Waals surface area contributed by atoms with Crippen LogP contribution >= 0.6 is 0 Å². The Kier molecular flexibility index (Phi) is 4.89. The summed E-state index contributed by atoms with van der Waals surface area (Å²) in [5.41, 5.74) is 0.194. The summed E-state index contributed by atoms with van der Waals surface area (Å²) in [5.74, 6) is -1.45. The Bertz CT molecular complexity index is 988. The molecule has 3 saturated heterocycles. The number of nitrogens with zero attached hydrogens (tertiary/aromatic N) is 2. The molecular weight excluding hydrogens is 404 g/mol. The van der Waals surface area contributed by atoms with Gasteiger partial charge in [-0.05, 0) is 42.7 Å². The van der Waals surface area contributed by atoms with Gasteiger partial charge in [0.05, 0.1) is 6.04 Å². The second-order valence-electron chi connectivity index (χ2n) is 8.36. The molecule has 0 bridgehead atoms. The monoisotopic (exact) mass is 427 g/mol. The van der Waals surface area contributed by atoms with Crippen molar-refractivity contribution in [2.24, 2.45) is 0 Å². The van der Waals surface area contributed by atoms with E-state index < -0.39 is 29.5 Å². The van der Waals surface area contributed by atoms with E-state index in [1.807, 2.05) is 30.3 Å². The fraction of sp³-hybridized carbons (Fsp3) is 0.391. The molecule has 1 N–H and O–H groups in total. The molecule has 0 saturated carbocycles. The van der Waals surface area contributed by atoms with Crippen LogP contribution in [0.4, 0.5) is 19.3 Å². The van der Waals surface area contributed by atoms with Gasteiger partial charge in [0.1, 0.15) is 17.9 Å². The number of hydrogen-bond acceptors (Lipinski definition) is 3. The second-order valence-corrected chi connectivity index (χ2v) is 8.36. The number of hydrogen-bond donors (Lipinski definition) is 1. The summed E-state index contributed by atoms with van der Waals surface area (Å²) in [6, 6.07) is 12.0. The maximum atomic E-state index is 13.7. The first-order valence-electron chi connectivity index (χ1n) is 10.5. The van der Waals surface area contributed by atoms with Crippen LogP contribution in [-0.2, 0) is 9.53 Å². The molecular formula is C23H23F2N3O3. The van der Waals surface area contributed by atoms with Crippen LogP contribution in [0, 0.1) is 11.6 Å². The number of likely N-dealkylation sites (tertiary alicyclic amines) is 1. The highest BCUT2D eigenvalue weighted by Gasteiger charge is 2.58. The van der Waals surface area contributed by atoms with Gasteiger partial charge in [-0.3, -0.25) is 4.79 Å². The van der Waals surface area contributed by atoms with Gasteiger partial charge in [-0.2, -0.15) is 0 Å². The number of piperidine rings is 1. The number of para-hydroxylation sites is 1. The van der Waals surface area contributed by atoms with Crippen molar-refractivity contribution < 1.29 is 23.1 Å². The predicted octanol–water partition coefficient (Wildman–Crippen LogP) is 4.05. The van der Waals surface area contributed by atoms with Gasteiger partial charge in [-0.15, -0.1) is 0 Å². The van der Waals surface area contributed by atoms with E-state index in [9.17, 15) is 18.4 Å². The standard InChI is InChI=1S/C23H23F2N3O3/c24-16-12-15(13-17(25)14-16)19-6-7-20-28(19)21(29)23(31-20)8-10-27(11-9-23)22(30)26-18-4-2-1-3-5-18/h1-5,12-14,19-20H,6-11H2,(H,26,30)/t19-,20+/m0/s1. The fourth-order valence-electron chi connectivity index (χ4n) is 4.94. The van der Waals surface area contributed by atoms with Gasteiger partial charge in [0.2, 0.25) is 0 Å². The number of benzene rings is 2. The molecule has 3 aliphatic rings. The quantitative estimate of drug-likeness (QED) is 0.787. The lowest BCUT2D eigenvalue weighted by atomic mass is 9.89. The molecule has 0 aromatic heterocycles. The zero-order chi connectivity index (χ0) is 21.6. The molecule has 31 heavy (non-hydrogen) atoms. The summed E-state index contributed by atoms with van der Waals surface area (Å²) in [6.45, 7) is 0.786. The molecule has 3 amide bonds. The van der Waals surface area contributed by atoms with Crippen LogP contribution < -0.4 is 5.32 Å². The number of fused-ring (bicyclic) bond motifs is 1. The molecule has 0 radical (unpaired) electrons. The molecule has 1 spiro atoms. The van der Waals surface area contributed by atoms with Gasteiger partial charge in [0.25, 0.3) is 5.91 Å². The van der Waals surface area contributed by atoms with Crippen LogP contribution in [0.3, 0.4) is 0 Å². The van der Waals surface area contributed by atoms with Crippen LogP contribution in [0.25, 0.3) is 0 Å². The van der Waals surface area contributed by atoms with E-state index in [4.69, 9.17) is 4.74 Å². The normalized spacial score (nSPS) is 24.5. The molecule has 5 rings (SSSR count). The highest BCUT2D eigenvalue weighted by atomic mass is 19.1. The zero-order valence-corrected chi connectivity index (χ0v) is 16.9. The zero-order valence-electron chi connectivity index (χ0n) is 16.9. The van der Waals surface area contributed by atoms with Crippen molar-refractivity contribution in [1.82, 2.24) is 9.80 Å². The maximum Gasteiger partial charge on any atom is 0.321 e. The molecule has 2 atom stereocenters. The minimum Gasteiger partial charge on any atom is -0.342 e. The topological polar surface area (TPSA) is 61.9 Å². The molecule has 162 valence electrons. The molecule has 6 nitrogen and oxygen atoms in total. The van der Waals surface area contributed by atoms with Crippen molar-refractivity contribution in [2.75, 3.05) is 18.4 Å². The third-order valence-corrected chi connectivity index (χ3v) is 6.47. The first kappa shape index (κ1) is 19.9. The van der Waals surface area contributed by atoms with Crippen molar-refractivity contribution in [3.63, 3.8) is 0 Å². The minimum atomic E-state index is -0.973. The largest absolute Gasteiger partial charge is 0.342 e. The average Bonchev–Trinajstić information content (AvgIpc) is 3.27. The summed E-state index contributed by atoms with van der Waals surface area (Å²) in [7, 11) is 0. The summed E-state index contributed by atoms with van der Waals surface area (Å²) >= 11 is 0. The summed E-state index contributed by atoms with van der Waals surface area (Å²) < 4.78 is 33.7. The van der Waals surface area contributed by atoms with Crippen molar-refractivity contribution in [2.45, 2.75) is 43.6 Å². The van der Waals surface area contributed by atoms with E-state index in [1.54, 1.807) is 9.80 Å². The van der Waals surface area contributed by atoms with E-state index in [2.05, 4.69) is 5.32 Å². The highest BCUT2D eigenvalue weighted by molar-refractivity contribution is 5.91. The van der Waals surface area contributed by atoms with E-state index in [1.165, 1.54) is 12.1 Å². The van der Waals surface area contributed by atoms with Crippen LogP contribution in [0.1, 0.15) is 37.3 Å². The van der Waals surface area contributed by atoms with Crippen LogP contribution in [0.15, 0.2) is 48.5 Å². The smallest absolute Gasteiger partial charge is 0.321 e. The molecule has 3 aliphatic heterocycles. The molecule has 2 aromatic carbocycles. The number of anilines is 1. The Labute approximate surface area is 178 Å². The van der Waals surface area contributed by atoms with Gasteiger partial charge in [-0.25, -0.2) is 13.6 Å². The van der Waals surface area contributed by atoms with Crippen molar-refractivity contribution in [1.29, 1.82) is 0 Å². The average molecular weight is 427 g/mol. The number of ether oxygens (including phenoxy) is 1. The first-order valence-corrected chi connectivity index (χ1v) is 10.5. The lowest BCUT2D eigenvalue weighted by molar-refractivity contribution is -0.142. The first-order chi connectivity index (χ1) is 14.9. The molecule has 2 aromatic rings. The van der Waals surface area contributed by atoms with Gasteiger partial charge in [-0.1, -0.05) is 18.2 Å². The Morgan fingerprint density at radius 3 is 2.39 bits per heavy atom. The van der Waals surface area contributed by atoms with Crippen LogP contribution in [-0.4, -0.2) is 46.7 Å². The Morgan fingerprint density at radius 1 is 1.03 bits per heavy atom. The highest BCUT2D eigenvalue weighted by Crippen LogP contribution is 2.47. The number of nitrogens with one attached hydrogen (secondary N) is 1. The molecule has 3 fully saturated rings. The Hall–Kier alpha value is -3.00. The lowest BCUT2D eigenvalue weighted by Gasteiger charge is -2.37. The summed E-state index contributed by atoms with van der Waals surface area (Å²) in [6.07, 6.45) is 1.61. The van der Waals surface area contributed by atoms with Crippen LogP contribution in [0.5, 0.6) is 0 Å². The molecule has 0 aliphatic carbocycles. The van der Waals surface area contributed by atoms with Crippen molar-refractivity contribution in [3.05, 3.63) is 65.7 Å². The third kappa shape index (κ3) is 3.54. The molecule has 3 heterocycles. The SMILES string of the molecule is O=C(Nc1ccccc1)N1CCC2(CC1)O[C@@H]1CC[C@@H](c3cc(F)cc(F)c3)N1C2=O. The lowest BCUT2D eigenvalue weighted by Crippen LogP contribution is -2.52. The van der Waals surface area contributed by atoms with E-state index >= 15 is 0 Å². The van der Waals surface area contributed by atoms with Gasteiger partial charge >= 0.3 is 6.03 Å². The van der Waals surface area contributed by atoms with Crippen LogP contribution in [0.2, 0.25) is 0 Å². The third-order valence-electron chi connectivity index (χ3n) is 6.47. The number of urea groups is 1. The van der Waals surface area contributed by atoms with Crippen molar-refractivity contribution >= 4 is 17.6 Å². The van der Waals surface area contributed by atoms with Crippen molar-refractivity contribution in [3.8, 4) is 0 Å². The van der Waals surface area contributed by atoms with E-state index in [-0.39, 0.29) is 11.9 Å². The number of halogens is 2. The molecule has 8 heteroatoms. The maximum absolute atomic E-state index is 13.7. The van der Waals surface area contributed by atoms with Gasteiger partial charge < -0.3 is 19.9 Å². The van der Waals surface area contributed by atoms with Gasteiger partial charge in [0.15, 0.2) is 5.60 Å². The predicted molar refractivity (Wildman–Crippen MR) is 109 cm³/mol. The summed E-state index contributed by atoms with van der Waals surface area (Å²) in [4.78, 5) is 29.3. The number of amides is 3. The Morgan fingerprint density at radius 2 is 1.71 bits per heavy atom. The number of rotatable bonds is 2. The van der Waals surface area contributed by atoms with E-state index in [0.29, 0.717) is 50.0 Å². The second kappa shape index (κ2) is 7.60. The molecule has 0 unspecified atom stereocenters. The Balaban J connectivity index is 1.27. The van der Waals surface area contributed by atoms with Gasteiger partial charge in [0, 0.05) is 37.7 Å². The number of carbonyl (C=O) groups excluding carboxylic acids is 2.